The molecule has 0 spiro atoms. The number of benzene rings is 1. The van der Waals surface area contributed by atoms with Crippen LogP contribution >= 0.6 is 0 Å². The lowest BCUT2D eigenvalue weighted by Gasteiger charge is -2.15. The zero-order chi connectivity index (χ0) is 17.8. The van der Waals surface area contributed by atoms with Gasteiger partial charge in [-0.05, 0) is 31.4 Å². The molecule has 25 heavy (non-hydrogen) atoms. The maximum atomic E-state index is 12.7. The van der Waals surface area contributed by atoms with Crippen LogP contribution in [0.5, 0.6) is 0 Å². The van der Waals surface area contributed by atoms with Crippen molar-refractivity contribution in [1.29, 1.82) is 0 Å². The molecule has 1 aromatic carbocycles. The van der Waals surface area contributed by atoms with Gasteiger partial charge in [-0.15, -0.1) is 0 Å². The lowest BCUT2D eigenvalue weighted by molar-refractivity contribution is -0.122. The molecule has 1 fully saturated rings. The fraction of sp³-hybridized carbons (Fsp3) is 0.500. The number of aromatic nitrogens is 2. The summed E-state index contributed by atoms with van der Waals surface area (Å²) in [6.07, 6.45) is 2.65. The quantitative estimate of drug-likeness (QED) is 0.842. The van der Waals surface area contributed by atoms with Crippen molar-refractivity contribution in [3.63, 3.8) is 0 Å². The van der Waals surface area contributed by atoms with Crippen molar-refractivity contribution >= 4 is 16.8 Å². The van der Waals surface area contributed by atoms with Crippen molar-refractivity contribution < 1.29 is 9.53 Å². The van der Waals surface area contributed by atoms with Gasteiger partial charge in [0.2, 0.25) is 5.91 Å². The predicted octanol–water partition coefficient (Wildman–Crippen LogP) is 0.868. The largest absolute Gasteiger partial charge is 0.376 e. The smallest absolute Gasteiger partial charge is 0.331 e. The Morgan fingerprint density at radius 1 is 1.28 bits per heavy atom. The van der Waals surface area contributed by atoms with Gasteiger partial charge in [0.25, 0.3) is 5.56 Å². The number of amides is 1. The molecule has 134 valence electrons. The second-order valence-corrected chi connectivity index (χ2v) is 6.28. The maximum absolute atomic E-state index is 12.7. The van der Waals surface area contributed by atoms with Gasteiger partial charge in [0, 0.05) is 19.7 Å². The van der Waals surface area contributed by atoms with Crippen molar-refractivity contribution in [2.75, 3.05) is 13.2 Å². The van der Waals surface area contributed by atoms with Gasteiger partial charge in [-0.3, -0.25) is 18.7 Å². The Morgan fingerprint density at radius 2 is 2.08 bits per heavy atom. The molecule has 0 bridgehead atoms. The van der Waals surface area contributed by atoms with E-state index in [0.29, 0.717) is 30.4 Å². The molecule has 1 atom stereocenters. The summed E-state index contributed by atoms with van der Waals surface area (Å²) in [6.45, 7) is 3.29. The van der Waals surface area contributed by atoms with Gasteiger partial charge in [-0.2, -0.15) is 0 Å². The highest BCUT2D eigenvalue weighted by atomic mass is 16.5. The van der Waals surface area contributed by atoms with Gasteiger partial charge in [0.15, 0.2) is 0 Å². The number of carbonyl (C=O) groups excluding carboxylic acids is 1. The van der Waals surface area contributed by atoms with E-state index in [-0.39, 0.29) is 24.1 Å². The van der Waals surface area contributed by atoms with Crippen LogP contribution in [0, 0.1) is 0 Å². The van der Waals surface area contributed by atoms with Crippen molar-refractivity contribution in [3.05, 3.63) is 45.1 Å². The molecule has 2 heterocycles. The van der Waals surface area contributed by atoms with Gasteiger partial charge in [0.05, 0.1) is 17.0 Å². The fourth-order valence-corrected chi connectivity index (χ4v) is 3.18. The first kappa shape index (κ1) is 17.4. The molecule has 0 aliphatic carbocycles. The van der Waals surface area contributed by atoms with Crippen molar-refractivity contribution in [3.8, 4) is 0 Å². The van der Waals surface area contributed by atoms with Crippen LogP contribution in [0.25, 0.3) is 10.9 Å². The van der Waals surface area contributed by atoms with E-state index in [4.69, 9.17) is 4.74 Å². The van der Waals surface area contributed by atoms with Crippen LogP contribution in [0.4, 0.5) is 0 Å². The molecule has 1 N–H and O–H groups in total. The minimum atomic E-state index is -0.446. The second-order valence-electron chi connectivity index (χ2n) is 6.28. The topological polar surface area (TPSA) is 82.3 Å². The monoisotopic (exact) mass is 345 g/mol. The number of fused-ring (bicyclic) bond motifs is 1. The summed E-state index contributed by atoms with van der Waals surface area (Å²) < 4.78 is 8.06. The number of hydrogen-bond acceptors (Lipinski definition) is 4. The zero-order valence-electron chi connectivity index (χ0n) is 14.4. The van der Waals surface area contributed by atoms with Crippen LogP contribution in [0.1, 0.15) is 26.2 Å². The third-order valence-corrected chi connectivity index (χ3v) is 4.43. The molecule has 1 aromatic heterocycles. The van der Waals surface area contributed by atoms with Crippen molar-refractivity contribution in [1.82, 2.24) is 14.5 Å². The molecule has 3 rings (SSSR count). The normalized spacial score (nSPS) is 17.1. The molecule has 2 aromatic rings. The summed E-state index contributed by atoms with van der Waals surface area (Å²) in [7, 11) is 0. The zero-order valence-corrected chi connectivity index (χ0v) is 14.4. The fourth-order valence-electron chi connectivity index (χ4n) is 3.18. The maximum Gasteiger partial charge on any atom is 0.331 e. The van der Waals surface area contributed by atoms with Gasteiger partial charge < -0.3 is 10.1 Å². The summed E-state index contributed by atoms with van der Waals surface area (Å²) in [5.74, 6) is -0.260. The highest BCUT2D eigenvalue weighted by Gasteiger charge is 2.18. The molecule has 0 unspecified atom stereocenters. The van der Waals surface area contributed by atoms with Crippen LogP contribution in [-0.2, 0) is 22.6 Å². The Kier molecular flexibility index (Phi) is 5.33. The molecular formula is C18H23N3O4. The molecule has 0 saturated carbocycles. The van der Waals surface area contributed by atoms with E-state index < -0.39 is 5.69 Å². The van der Waals surface area contributed by atoms with E-state index in [1.165, 1.54) is 9.13 Å². The minimum Gasteiger partial charge on any atom is -0.376 e. The summed E-state index contributed by atoms with van der Waals surface area (Å²) in [5, 5.41) is 3.27. The molecule has 1 amide bonds. The number of nitrogens with zero attached hydrogens (tertiary/aromatic N) is 2. The van der Waals surface area contributed by atoms with Gasteiger partial charge >= 0.3 is 5.69 Å². The number of para-hydroxylation sites is 1. The lowest BCUT2D eigenvalue weighted by Crippen LogP contribution is -2.43. The van der Waals surface area contributed by atoms with E-state index in [0.717, 1.165) is 19.4 Å². The number of rotatable bonds is 6. The van der Waals surface area contributed by atoms with E-state index in [1.807, 2.05) is 6.92 Å². The Bertz CT molecular complexity index is 878. The first-order chi connectivity index (χ1) is 12.1. The third-order valence-electron chi connectivity index (χ3n) is 4.43. The summed E-state index contributed by atoms with van der Waals surface area (Å²) in [4.78, 5) is 37.5. The molecule has 7 nitrogen and oxygen atoms in total. The highest BCUT2D eigenvalue weighted by Crippen LogP contribution is 2.11. The van der Waals surface area contributed by atoms with E-state index in [9.17, 15) is 14.4 Å². The first-order valence-electron chi connectivity index (χ1n) is 8.72. The van der Waals surface area contributed by atoms with Crippen molar-refractivity contribution in [2.24, 2.45) is 0 Å². The molecule has 1 saturated heterocycles. The predicted molar refractivity (Wildman–Crippen MR) is 94.7 cm³/mol. The summed E-state index contributed by atoms with van der Waals surface area (Å²) in [6, 6.07) is 6.89. The summed E-state index contributed by atoms with van der Waals surface area (Å²) in [5.41, 5.74) is -0.270. The van der Waals surface area contributed by atoms with E-state index in [2.05, 4.69) is 5.32 Å². The molecule has 1 aliphatic heterocycles. The van der Waals surface area contributed by atoms with Gasteiger partial charge in [-0.1, -0.05) is 19.1 Å². The van der Waals surface area contributed by atoms with E-state index >= 15 is 0 Å². The number of hydrogen-bond donors (Lipinski definition) is 1. The second kappa shape index (κ2) is 7.65. The molecular weight excluding hydrogens is 322 g/mol. The van der Waals surface area contributed by atoms with Crippen molar-refractivity contribution in [2.45, 2.75) is 45.4 Å². The average molecular weight is 345 g/mol. The highest BCUT2D eigenvalue weighted by molar-refractivity contribution is 5.81. The standard InChI is InChI=1S/C18H23N3O4/c1-2-9-20-17(23)14-7-3-4-8-15(14)21(18(20)24)12-16(22)19-11-13-6-5-10-25-13/h3-4,7-8,13H,2,5-6,9-12H2,1H3,(H,19,22)/t13-/m0/s1. The third kappa shape index (κ3) is 3.66. The Morgan fingerprint density at radius 3 is 2.80 bits per heavy atom. The lowest BCUT2D eigenvalue weighted by atomic mass is 10.2. The molecule has 7 heteroatoms. The van der Waals surface area contributed by atoms with Gasteiger partial charge in [-0.25, -0.2) is 4.79 Å². The average Bonchev–Trinajstić information content (AvgIpc) is 3.14. The minimum absolute atomic E-state index is 0.0476. The SMILES string of the molecule is CCCn1c(=O)c2ccccc2n(CC(=O)NC[C@@H]2CCCO2)c1=O. The van der Waals surface area contributed by atoms with Crippen LogP contribution in [0.2, 0.25) is 0 Å². The van der Waals surface area contributed by atoms with Gasteiger partial charge in [0.1, 0.15) is 6.54 Å². The van der Waals surface area contributed by atoms with Crippen LogP contribution in [0.15, 0.2) is 33.9 Å². The Balaban J connectivity index is 1.90. The molecule has 0 radical (unpaired) electrons. The van der Waals surface area contributed by atoms with Crippen LogP contribution in [0.3, 0.4) is 0 Å². The Labute approximate surface area is 145 Å². The Hall–Kier alpha value is -2.41. The van der Waals surface area contributed by atoms with E-state index in [1.54, 1.807) is 24.3 Å². The number of ether oxygens (including phenoxy) is 1. The number of carbonyl (C=O) groups is 1. The number of nitrogens with one attached hydrogen (secondary N) is 1. The van der Waals surface area contributed by atoms with Crippen LogP contribution in [-0.4, -0.2) is 34.3 Å². The first-order valence-corrected chi connectivity index (χ1v) is 8.72. The summed E-state index contributed by atoms with van der Waals surface area (Å²) >= 11 is 0. The van der Waals surface area contributed by atoms with Crippen LogP contribution < -0.4 is 16.6 Å². The molecule has 1 aliphatic rings.